The van der Waals surface area contributed by atoms with E-state index in [2.05, 4.69) is 30.8 Å². The van der Waals surface area contributed by atoms with Gasteiger partial charge in [-0.05, 0) is 31.4 Å². The monoisotopic (exact) mass is 301 g/mol. The summed E-state index contributed by atoms with van der Waals surface area (Å²) in [6.45, 7) is 0. The average Bonchev–Trinajstić information content (AvgIpc) is 2.97. The number of aromatic carboxylic acids is 1. The van der Waals surface area contributed by atoms with Gasteiger partial charge in [0.2, 0.25) is 5.95 Å². The minimum atomic E-state index is -1.15. The Hall–Kier alpha value is -2.77. The molecule has 3 N–H and O–H groups in total. The first-order valence-electron chi connectivity index (χ1n) is 7.49. The Morgan fingerprint density at radius 3 is 2.73 bits per heavy atom. The van der Waals surface area contributed by atoms with E-state index in [0.29, 0.717) is 12.0 Å². The highest BCUT2D eigenvalue weighted by molar-refractivity contribution is 5.84. The Kier molecular flexibility index (Phi) is 3.72. The molecule has 2 aromatic rings. The van der Waals surface area contributed by atoms with Crippen LogP contribution in [0.1, 0.15) is 31.1 Å². The number of rotatable bonds is 5. The van der Waals surface area contributed by atoms with Gasteiger partial charge < -0.3 is 15.7 Å². The van der Waals surface area contributed by atoms with Crippen molar-refractivity contribution in [1.29, 1.82) is 0 Å². The van der Waals surface area contributed by atoms with Gasteiger partial charge in [-0.25, -0.2) is 14.8 Å². The van der Waals surface area contributed by atoms with Crippen LogP contribution in [0.5, 0.6) is 0 Å². The lowest BCUT2D eigenvalue weighted by atomic mass is 10.2. The van der Waals surface area contributed by atoms with Gasteiger partial charge in [0.25, 0.3) is 0 Å². The summed E-state index contributed by atoms with van der Waals surface area (Å²) in [7, 11) is 0. The van der Waals surface area contributed by atoms with E-state index in [4.69, 9.17) is 6.48 Å². The topological polar surface area (TPSA) is 113 Å². The second kappa shape index (κ2) is 6.33. The highest BCUT2D eigenvalue weighted by Gasteiger charge is 2.25. The van der Waals surface area contributed by atoms with Crippen LogP contribution >= 0.6 is 0 Å². The SMILES string of the molecule is [2H]c1ccc(NC2CCC(Nc3ncc(C(=O)O)nn3)C2)nc1. The van der Waals surface area contributed by atoms with Crippen LogP contribution in [0, 0.1) is 0 Å². The molecule has 0 aliphatic heterocycles. The van der Waals surface area contributed by atoms with Gasteiger partial charge in [-0.2, -0.15) is 0 Å². The van der Waals surface area contributed by atoms with Crippen LogP contribution in [0.3, 0.4) is 0 Å². The maximum atomic E-state index is 10.7. The van der Waals surface area contributed by atoms with E-state index in [1.165, 1.54) is 12.4 Å². The van der Waals surface area contributed by atoms with Crippen molar-refractivity contribution < 1.29 is 11.3 Å². The molecule has 114 valence electrons. The molecule has 8 nitrogen and oxygen atoms in total. The Labute approximate surface area is 128 Å². The Morgan fingerprint density at radius 2 is 2.09 bits per heavy atom. The summed E-state index contributed by atoms with van der Waals surface area (Å²) in [6, 6.07) is 4.35. The molecule has 22 heavy (non-hydrogen) atoms. The molecule has 1 saturated carbocycles. The minimum Gasteiger partial charge on any atom is -0.476 e. The highest BCUT2D eigenvalue weighted by Crippen LogP contribution is 2.24. The zero-order valence-electron chi connectivity index (χ0n) is 12.7. The van der Waals surface area contributed by atoms with Gasteiger partial charge in [0, 0.05) is 18.3 Å². The molecule has 1 aliphatic carbocycles. The lowest BCUT2D eigenvalue weighted by molar-refractivity contribution is 0.0688. The molecule has 0 spiro atoms. The van der Waals surface area contributed by atoms with Gasteiger partial charge in [0.1, 0.15) is 5.82 Å². The maximum absolute atomic E-state index is 10.7. The van der Waals surface area contributed by atoms with Gasteiger partial charge >= 0.3 is 5.97 Å². The van der Waals surface area contributed by atoms with Crippen molar-refractivity contribution in [2.45, 2.75) is 31.3 Å². The van der Waals surface area contributed by atoms with Crippen molar-refractivity contribution in [3.8, 4) is 0 Å². The summed E-state index contributed by atoms with van der Waals surface area (Å²) in [5, 5.41) is 22.6. The molecule has 0 aromatic carbocycles. The van der Waals surface area contributed by atoms with Gasteiger partial charge in [0.05, 0.1) is 7.57 Å². The fourth-order valence-corrected chi connectivity index (χ4v) is 2.48. The number of anilines is 2. The smallest absolute Gasteiger partial charge is 0.358 e. The van der Waals surface area contributed by atoms with E-state index in [1.807, 2.05) is 0 Å². The molecular weight excluding hydrogens is 284 g/mol. The molecule has 2 atom stereocenters. The van der Waals surface area contributed by atoms with Crippen LogP contribution in [0.25, 0.3) is 0 Å². The number of carboxylic acids is 1. The fourth-order valence-electron chi connectivity index (χ4n) is 2.48. The molecule has 0 bridgehead atoms. The molecular formula is C14H16N6O2. The van der Waals surface area contributed by atoms with E-state index in [1.54, 1.807) is 12.1 Å². The van der Waals surface area contributed by atoms with Crippen molar-refractivity contribution in [2.24, 2.45) is 0 Å². The van der Waals surface area contributed by atoms with Gasteiger partial charge in [-0.15, -0.1) is 10.2 Å². The average molecular weight is 301 g/mol. The van der Waals surface area contributed by atoms with Crippen LogP contribution in [-0.4, -0.2) is 43.3 Å². The van der Waals surface area contributed by atoms with Crippen molar-refractivity contribution in [3.05, 3.63) is 36.3 Å². The first-order valence-corrected chi connectivity index (χ1v) is 6.99. The third-order valence-corrected chi connectivity index (χ3v) is 3.51. The highest BCUT2D eigenvalue weighted by atomic mass is 16.4. The molecule has 0 radical (unpaired) electrons. The Balaban J connectivity index is 1.53. The van der Waals surface area contributed by atoms with Crippen LogP contribution < -0.4 is 10.6 Å². The minimum absolute atomic E-state index is 0.176. The zero-order valence-corrected chi connectivity index (χ0v) is 11.7. The third kappa shape index (κ3) is 3.46. The van der Waals surface area contributed by atoms with E-state index in [9.17, 15) is 4.79 Å². The maximum Gasteiger partial charge on any atom is 0.358 e. The van der Waals surface area contributed by atoms with Gasteiger partial charge in [0.15, 0.2) is 5.69 Å². The molecule has 0 amide bonds. The normalized spacial score (nSPS) is 21.2. The molecule has 1 fully saturated rings. The number of hydrogen-bond donors (Lipinski definition) is 3. The number of nitrogens with zero attached hydrogens (tertiary/aromatic N) is 4. The second-order valence-electron chi connectivity index (χ2n) is 5.11. The zero-order chi connectivity index (χ0) is 16.2. The van der Waals surface area contributed by atoms with Crippen molar-refractivity contribution in [3.63, 3.8) is 0 Å². The summed E-state index contributed by atoms with van der Waals surface area (Å²) in [6.07, 6.45) is 5.49. The molecule has 2 heterocycles. The predicted molar refractivity (Wildman–Crippen MR) is 79.7 cm³/mol. The lowest BCUT2D eigenvalue weighted by Crippen LogP contribution is -2.22. The van der Waals surface area contributed by atoms with E-state index >= 15 is 0 Å². The molecule has 3 rings (SSSR count). The summed E-state index contributed by atoms with van der Waals surface area (Å²) < 4.78 is 7.42. The Morgan fingerprint density at radius 1 is 1.27 bits per heavy atom. The number of nitrogens with one attached hydrogen (secondary N) is 2. The van der Waals surface area contributed by atoms with Crippen LogP contribution in [0.4, 0.5) is 11.8 Å². The first-order chi connectivity index (χ1) is 11.1. The number of hydrogen-bond acceptors (Lipinski definition) is 7. The summed E-state index contributed by atoms with van der Waals surface area (Å²) >= 11 is 0. The van der Waals surface area contributed by atoms with Crippen LogP contribution in [-0.2, 0) is 0 Å². The molecule has 2 unspecified atom stereocenters. The number of carboxylic acid groups (broad SMARTS) is 1. The van der Waals surface area contributed by atoms with Gasteiger partial charge in [-0.1, -0.05) is 6.07 Å². The predicted octanol–water partition coefficient (Wildman–Crippen LogP) is 1.41. The van der Waals surface area contributed by atoms with Crippen molar-refractivity contribution in [1.82, 2.24) is 20.2 Å². The van der Waals surface area contributed by atoms with E-state index in [-0.39, 0.29) is 17.8 Å². The third-order valence-electron chi connectivity index (χ3n) is 3.51. The summed E-state index contributed by atoms with van der Waals surface area (Å²) in [5.74, 6) is -0.0550. The second-order valence-corrected chi connectivity index (χ2v) is 5.11. The van der Waals surface area contributed by atoms with Crippen LogP contribution in [0.15, 0.2) is 30.6 Å². The van der Waals surface area contributed by atoms with Gasteiger partial charge in [-0.3, -0.25) is 0 Å². The summed E-state index contributed by atoms with van der Waals surface area (Å²) in [5.41, 5.74) is -0.176. The quantitative estimate of drug-likeness (QED) is 0.759. The number of pyridine rings is 1. The van der Waals surface area contributed by atoms with E-state index in [0.717, 1.165) is 25.1 Å². The molecule has 0 saturated heterocycles. The van der Waals surface area contributed by atoms with Crippen LogP contribution in [0.2, 0.25) is 0 Å². The summed E-state index contributed by atoms with van der Waals surface area (Å²) in [4.78, 5) is 18.8. The van der Waals surface area contributed by atoms with Crippen molar-refractivity contribution >= 4 is 17.7 Å². The lowest BCUT2D eigenvalue weighted by Gasteiger charge is -2.14. The van der Waals surface area contributed by atoms with Crippen molar-refractivity contribution in [2.75, 3.05) is 10.6 Å². The fraction of sp³-hybridized carbons (Fsp3) is 0.357. The Bertz CT molecular complexity index is 679. The molecule has 2 aromatic heterocycles. The van der Waals surface area contributed by atoms with E-state index < -0.39 is 5.97 Å². The largest absolute Gasteiger partial charge is 0.476 e. The molecule has 8 heteroatoms. The number of aromatic nitrogens is 4. The standard InChI is InChI=1S/C14H16N6O2/c21-13(22)11-8-16-14(20-19-11)18-10-5-4-9(7-10)17-12-3-1-2-6-15-12/h1-3,6,8-10H,4-5,7H2,(H,15,17)(H,21,22)(H,16,18,20)/i2D. The molecule has 1 aliphatic rings. The number of carbonyl (C=O) groups is 1. The first kappa shape index (κ1) is 12.9.